The van der Waals surface area contributed by atoms with Crippen LogP contribution in [0.25, 0.3) is 11.1 Å². The van der Waals surface area contributed by atoms with Crippen molar-refractivity contribution in [3.8, 4) is 16.9 Å². The van der Waals surface area contributed by atoms with Crippen LogP contribution in [0.2, 0.25) is 0 Å². The molecular weight excluding hydrogens is 677 g/mol. The maximum absolute atomic E-state index is 14.3. The number of benzene rings is 2. The Morgan fingerprint density at radius 2 is 1.98 bits per heavy atom. The third kappa shape index (κ3) is 8.49. The number of anilines is 1. The zero-order valence-electron chi connectivity index (χ0n) is 34.4. The maximum Gasteiger partial charge on any atom is 0.240 e. The van der Waals surface area contributed by atoms with Gasteiger partial charge >= 0.3 is 0 Å². The van der Waals surface area contributed by atoms with Crippen molar-refractivity contribution in [2.45, 2.75) is 123 Å². The number of piperidine rings is 1. The summed E-state index contributed by atoms with van der Waals surface area (Å²) in [4.78, 5) is 25.6. The van der Waals surface area contributed by atoms with Gasteiger partial charge in [0.15, 0.2) is 0 Å². The SMILES string of the molecule is CCCN1CCCCC1CCNCc1cc(-c2cccc(CN3O[C@@H](CN)[C@@H]([C@H](C)O)[C@H]3C(=O)N[C@H]3C[C@H]4C[C@@H]([C@@H]3C)C4(C)C)c2OC)cc(N(C)C)c1. The van der Waals surface area contributed by atoms with E-state index >= 15 is 0 Å². The zero-order chi connectivity index (χ0) is 38.7. The Labute approximate surface area is 325 Å². The fourth-order valence-electron chi connectivity index (χ4n) is 10.5. The van der Waals surface area contributed by atoms with E-state index < -0.39 is 24.2 Å². The van der Waals surface area contributed by atoms with E-state index in [4.69, 9.17) is 15.3 Å². The van der Waals surface area contributed by atoms with E-state index in [9.17, 15) is 9.90 Å². The van der Waals surface area contributed by atoms with Crippen LogP contribution in [0.1, 0.15) is 90.7 Å². The molecule has 0 radical (unpaired) electrons. The number of para-hydroxylation sites is 1. The van der Waals surface area contributed by atoms with Crippen molar-refractivity contribution in [3.05, 3.63) is 47.5 Å². The van der Waals surface area contributed by atoms with Crippen LogP contribution in [-0.4, -0.2) is 98.7 Å². The first-order valence-corrected chi connectivity index (χ1v) is 20.9. The van der Waals surface area contributed by atoms with Gasteiger partial charge in [0.2, 0.25) is 5.91 Å². The van der Waals surface area contributed by atoms with Gasteiger partial charge in [-0.15, -0.1) is 0 Å². The summed E-state index contributed by atoms with van der Waals surface area (Å²) in [6.45, 7) is 15.8. The van der Waals surface area contributed by atoms with Gasteiger partial charge in [0.05, 0.1) is 25.9 Å². The Bertz CT molecular complexity index is 1560. The first kappa shape index (κ1) is 40.9. The smallest absolute Gasteiger partial charge is 0.240 e. The summed E-state index contributed by atoms with van der Waals surface area (Å²) in [6, 6.07) is 13.0. The largest absolute Gasteiger partial charge is 0.496 e. The summed E-state index contributed by atoms with van der Waals surface area (Å²) in [6.07, 6.45) is 7.33. The molecule has 2 saturated heterocycles. The average molecular weight is 747 g/mol. The Morgan fingerprint density at radius 3 is 2.65 bits per heavy atom. The molecule has 5 fully saturated rings. The Balaban J connectivity index is 1.21. The monoisotopic (exact) mass is 747 g/mol. The number of carbonyl (C=O) groups excluding carboxylic acids is 1. The van der Waals surface area contributed by atoms with E-state index in [0.29, 0.717) is 35.8 Å². The number of aliphatic hydroxyl groups excluding tert-OH is 1. The lowest BCUT2D eigenvalue weighted by molar-refractivity contribution is -0.175. The van der Waals surface area contributed by atoms with Gasteiger partial charge in [-0.2, -0.15) is 5.06 Å². The van der Waals surface area contributed by atoms with Crippen molar-refractivity contribution in [1.29, 1.82) is 0 Å². The lowest BCUT2D eigenvalue weighted by atomic mass is 9.45. The molecule has 0 spiro atoms. The molecule has 5 N–H and O–H groups in total. The number of nitrogens with two attached hydrogens (primary N) is 1. The molecular formula is C44H70N6O4. The topological polar surface area (TPSA) is 116 Å². The van der Waals surface area contributed by atoms with Crippen LogP contribution in [0.15, 0.2) is 36.4 Å². The van der Waals surface area contributed by atoms with Crippen LogP contribution < -0.4 is 26.0 Å². The predicted molar refractivity (Wildman–Crippen MR) is 218 cm³/mol. The second kappa shape index (κ2) is 17.6. The van der Waals surface area contributed by atoms with Gasteiger partial charge in [-0.3, -0.25) is 9.63 Å². The van der Waals surface area contributed by atoms with Gasteiger partial charge in [0.25, 0.3) is 0 Å². The number of likely N-dealkylation sites (tertiary alicyclic amines) is 1. The third-order valence-electron chi connectivity index (χ3n) is 13.8. The van der Waals surface area contributed by atoms with Gasteiger partial charge < -0.3 is 36.0 Å². The molecule has 2 bridgehead atoms. The second-order valence-electron chi connectivity index (χ2n) is 17.7. The highest BCUT2D eigenvalue weighted by Gasteiger charge is 2.57. The summed E-state index contributed by atoms with van der Waals surface area (Å²) in [5, 5.41) is 20.0. The number of aliphatic hydroxyl groups is 1. The Hall–Kier alpha value is -2.73. The van der Waals surface area contributed by atoms with Crippen molar-refractivity contribution < 1.29 is 19.5 Å². The summed E-state index contributed by atoms with van der Waals surface area (Å²) >= 11 is 0. The molecule has 10 nitrogen and oxygen atoms in total. The van der Waals surface area contributed by atoms with E-state index in [1.165, 1.54) is 57.2 Å². The minimum Gasteiger partial charge on any atom is -0.496 e. The average Bonchev–Trinajstić information content (AvgIpc) is 3.53. The fraction of sp³-hybridized carbons (Fsp3) is 0.705. The highest BCUT2D eigenvalue weighted by Crippen LogP contribution is 2.61. The van der Waals surface area contributed by atoms with Crippen LogP contribution in [0.3, 0.4) is 0 Å². The first-order valence-electron chi connectivity index (χ1n) is 20.9. The first-order chi connectivity index (χ1) is 25.9. The molecule has 2 heterocycles. The quantitative estimate of drug-likeness (QED) is 0.158. The minimum atomic E-state index is -0.776. The predicted octanol–water partition coefficient (Wildman–Crippen LogP) is 5.80. The van der Waals surface area contributed by atoms with Crippen LogP contribution in [-0.2, 0) is 22.7 Å². The second-order valence-corrected chi connectivity index (χ2v) is 17.7. The molecule has 1 unspecified atom stereocenters. The molecule has 0 aromatic heterocycles. The minimum absolute atomic E-state index is 0.0969. The van der Waals surface area contributed by atoms with Crippen LogP contribution >= 0.6 is 0 Å². The number of ether oxygens (including phenoxy) is 1. The van der Waals surface area contributed by atoms with Gasteiger partial charge in [-0.05, 0) is 118 Å². The molecule has 54 heavy (non-hydrogen) atoms. The van der Waals surface area contributed by atoms with Gasteiger partial charge in [0.1, 0.15) is 11.8 Å². The third-order valence-corrected chi connectivity index (χ3v) is 13.8. The van der Waals surface area contributed by atoms with Crippen LogP contribution in [0.5, 0.6) is 5.75 Å². The zero-order valence-corrected chi connectivity index (χ0v) is 34.4. The number of nitrogens with zero attached hydrogens (tertiary/aromatic N) is 3. The number of hydroxylamine groups is 2. The van der Waals surface area contributed by atoms with E-state index in [-0.39, 0.29) is 18.5 Å². The highest BCUT2D eigenvalue weighted by molar-refractivity contribution is 5.83. The molecule has 1 amide bonds. The van der Waals surface area contributed by atoms with E-state index in [2.05, 4.69) is 92.6 Å². The van der Waals surface area contributed by atoms with Gasteiger partial charge in [-0.25, -0.2) is 0 Å². The number of hydrogen-bond donors (Lipinski definition) is 4. The van der Waals surface area contributed by atoms with Crippen molar-refractivity contribution in [3.63, 3.8) is 0 Å². The lowest BCUT2D eigenvalue weighted by Gasteiger charge is -2.62. The molecule has 300 valence electrons. The molecule has 3 saturated carbocycles. The van der Waals surface area contributed by atoms with Crippen LogP contribution in [0, 0.1) is 29.1 Å². The van der Waals surface area contributed by atoms with Crippen molar-refractivity contribution >= 4 is 11.6 Å². The molecule has 2 aromatic carbocycles. The van der Waals surface area contributed by atoms with E-state index in [1.54, 1.807) is 19.1 Å². The summed E-state index contributed by atoms with van der Waals surface area (Å²) in [5.74, 6) is 1.80. The van der Waals surface area contributed by atoms with E-state index in [1.807, 2.05) is 6.07 Å². The van der Waals surface area contributed by atoms with Gasteiger partial charge in [-0.1, -0.05) is 52.3 Å². The highest BCUT2D eigenvalue weighted by atomic mass is 16.7. The molecule has 2 aliphatic heterocycles. The van der Waals surface area contributed by atoms with Gasteiger partial charge in [0, 0.05) is 62.0 Å². The number of fused-ring (bicyclic) bond motifs is 2. The normalized spacial score (nSPS) is 30.1. The lowest BCUT2D eigenvalue weighted by Crippen LogP contribution is -2.62. The number of nitrogens with one attached hydrogen (secondary N) is 2. The number of hydrogen-bond acceptors (Lipinski definition) is 9. The Morgan fingerprint density at radius 1 is 1.19 bits per heavy atom. The summed E-state index contributed by atoms with van der Waals surface area (Å²) < 4.78 is 6.18. The number of rotatable bonds is 16. The maximum atomic E-state index is 14.3. The van der Waals surface area contributed by atoms with Crippen molar-refractivity contribution in [2.24, 2.45) is 34.8 Å². The summed E-state index contributed by atoms with van der Waals surface area (Å²) in [5.41, 5.74) is 11.9. The molecule has 5 aliphatic rings. The van der Waals surface area contributed by atoms with Crippen molar-refractivity contribution in [1.82, 2.24) is 20.6 Å². The number of methoxy groups -OCH3 is 1. The number of amides is 1. The standard InChI is InChI=1S/C44H70N6O4/c1-9-18-49-19-11-10-14-34(49)16-17-46-26-30-20-32(22-35(21-30)48(6)7)36-15-12-13-31(42(36)53-8)27-50-41(40(29(3)51)39(25-45)54-50)43(52)47-38-24-33-23-37(28(38)2)44(33,4)5/h12-13,15,20-22,28-29,33-34,37-41,46,51H,9-11,14,16-19,23-27,45H2,1-8H3,(H,47,52)/t28-,29-,33+,34?,37-,38-,39-,40+,41-/m0/s1. The molecule has 9 atom stereocenters. The molecule has 10 heteroatoms. The Kier molecular flexibility index (Phi) is 13.3. The van der Waals surface area contributed by atoms with E-state index in [0.717, 1.165) is 47.6 Å². The molecule has 2 aromatic rings. The number of carbonyl (C=O) groups is 1. The molecule has 3 aliphatic carbocycles. The molecule has 7 rings (SSSR count). The fourth-order valence-corrected chi connectivity index (χ4v) is 10.5. The van der Waals surface area contributed by atoms with Crippen LogP contribution in [0.4, 0.5) is 5.69 Å². The van der Waals surface area contributed by atoms with Crippen molar-refractivity contribution in [2.75, 3.05) is 52.3 Å². The summed E-state index contributed by atoms with van der Waals surface area (Å²) in [7, 11) is 5.87.